The minimum Gasteiger partial charge on any atom is -0.508 e. The first-order chi connectivity index (χ1) is 50.2. The number of carboxylic acids is 2. The van der Waals surface area contributed by atoms with E-state index in [4.69, 9.17) is 5.73 Å². The number of aliphatic hydroxyl groups is 5. The lowest BCUT2D eigenvalue weighted by Gasteiger charge is -2.29. The van der Waals surface area contributed by atoms with Gasteiger partial charge in [-0.3, -0.25) is 71.9 Å². The highest BCUT2D eigenvalue weighted by Crippen LogP contribution is 2.15. The Bertz CT molecular complexity index is 3540. The van der Waals surface area contributed by atoms with Crippen LogP contribution in [0.15, 0.2) is 67.1 Å². The second-order valence-electron chi connectivity index (χ2n) is 26.4. The van der Waals surface area contributed by atoms with E-state index in [1.54, 1.807) is 32.0 Å². The van der Waals surface area contributed by atoms with Gasteiger partial charge in [0.1, 0.15) is 78.0 Å². The van der Waals surface area contributed by atoms with Crippen LogP contribution >= 0.6 is 0 Å². The van der Waals surface area contributed by atoms with Crippen LogP contribution in [0.1, 0.15) is 97.9 Å². The zero-order valence-electron chi connectivity index (χ0n) is 60.1. The number of hydrogen-bond donors (Lipinski definition) is 23. The molecule has 40 nitrogen and oxygen atoms in total. The number of aldehydes is 1. The van der Waals surface area contributed by atoms with Gasteiger partial charge in [0, 0.05) is 37.6 Å². The van der Waals surface area contributed by atoms with Gasteiger partial charge in [-0.15, -0.1) is 0 Å². The van der Waals surface area contributed by atoms with Crippen LogP contribution in [-0.4, -0.2) is 262 Å². The number of nitrogens with two attached hydrogens (primary N) is 1. The Morgan fingerprint density at radius 1 is 0.514 bits per heavy atom. The second-order valence-corrected chi connectivity index (χ2v) is 26.4. The van der Waals surface area contributed by atoms with E-state index in [0.29, 0.717) is 23.1 Å². The zero-order chi connectivity index (χ0) is 80.6. The predicted molar refractivity (Wildman–Crippen MR) is 373 cm³/mol. The highest BCUT2D eigenvalue weighted by Gasteiger charge is 2.40. The van der Waals surface area contributed by atoms with E-state index in [-0.39, 0.29) is 37.4 Å². The summed E-state index contributed by atoms with van der Waals surface area (Å²) in [6, 6.07) is -7.37. The van der Waals surface area contributed by atoms with Gasteiger partial charge >= 0.3 is 11.9 Å². The molecule has 0 radical (unpaired) electrons. The highest BCUT2D eigenvalue weighted by atomic mass is 16.4. The first-order valence-electron chi connectivity index (χ1n) is 33.8. The fourth-order valence-corrected chi connectivity index (χ4v) is 10.1. The van der Waals surface area contributed by atoms with E-state index in [1.807, 2.05) is 5.32 Å². The summed E-state index contributed by atoms with van der Waals surface area (Å²) in [5, 5.41) is 111. The second kappa shape index (κ2) is 44.0. The van der Waals surface area contributed by atoms with Gasteiger partial charge < -0.3 is 125 Å². The van der Waals surface area contributed by atoms with Gasteiger partial charge in [0.15, 0.2) is 0 Å². The molecule has 0 saturated heterocycles. The van der Waals surface area contributed by atoms with E-state index >= 15 is 0 Å². The van der Waals surface area contributed by atoms with Crippen molar-refractivity contribution in [3.8, 4) is 5.75 Å². The Balaban J connectivity index is 1.76. The number of aromatic nitrogens is 2. The van der Waals surface area contributed by atoms with Crippen molar-refractivity contribution < 1.29 is 118 Å². The van der Waals surface area contributed by atoms with Crippen LogP contribution in [0.2, 0.25) is 0 Å². The van der Waals surface area contributed by atoms with Gasteiger partial charge in [0.25, 0.3) is 0 Å². The molecule has 24 N–H and O–H groups in total. The lowest BCUT2D eigenvalue weighted by molar-refractivity contribution is -0.142. The molecule has 13 amide bonds. The third-order valence-corrected chi connectivity index (χ3v) is 16.0. The summed E-state index contributed by atoms with van der Waals surface area (Å²) < 4.78 is 0. The molecule has 0 spiro atoms. The molecule has 590 valence electrons. The van der Waals surface area contributed by atoms with Crippen molar-refractivity contribution in [2.45, 2.75) is 191 Å². The van der Waals surface area contributed by atoms with Crippen molar-refractivity contribution in [3.63, 3.8) is 0 Å². The van der Waals surface area contributed by atoms with E-state index in [9.17, 15) is 118 Å². The van der Waals surface area contributed by atoms with Crippen LogP contribution < -0.4 is 74.9 Å². The number of imidazole rings is 1. The van der Waals surface area contributed by atoms with E-state index in [2.05, 4.69) is 73.8 Å². The van der Waals surface area contributed by atoms with Gasteiger partial charge in [-0.2, -0.15) is 0 Å². The lowest BCUT2D eigenvalue weighted by Crippen LogP contribution is -2.63. The molecule has 0 aliphatic heterocycles. The number of carbonyl (C=O) groups excluding carboxylic acids is 14. The summed E-state index contributed by atoms with van der Waals surface area (Å²) >= 11 is 0. The molecule has 2 aromatic carbocycles. The van der Waals surface area contributed by atoms with Gasteiger partial charge in [-0.25, -0.2) is 4.98 Å². The molecule has 3 aromatic rings. The first kappa shape index (κ1) is 90.1. The third-order valence-electron chi connectivity index (χ3n) is 16.0. The standard InChI is InChI=1S/C67H98N16O24/c1-32(2)20-39(27-84)72-57(98)43(22-37-14-16-40(90)17-15-37)73-60(101)46(28-85)76-62(103)48(30-87)77-63(104)52(33(3)4)81-59(100)45(24-51(94)95)74-61(102)47(29-86)78-65(106)54(35(6)89)82-58(99)44(21-36-12-10-9-11-13-36)75-64(105)53(34(5)88)80-49(91)26-70-56(97)42(18-19-50(92)93)79-66(107)67(7,8)83-55(96)41(68)23-38-25-69-31-71-38/h9-17,25,27,31-35,39,41-48,52-54,85-90H,18-24,26,28-30,68H2,1-8H3,(H,69,71)(H,70,97)(H,72,98)(H,73,101)(H,74,102)(H,75,105)(H,76,103)(H,77,104)(H,78,106)(H,79,107)(H,80,91)(H,81,100)(H,82,99)(H,83,96)(H,92,93)(H,94,95)/t34-,35-,39+,41+,42+,43+,44+,45+,46+,47+,48+,52+,53+,54+/m1/s1. The van der Waals surface area contributed by atoms with Crippen LogP contribution in [-0.2, 0) is 96.0 Å². The number of aromatic amines is 1. The fourth-order valence-electron chi connectivity index (χ4n) is 10.1. The maximum atomic E-state index is 14.2. The predicted octanol–water partition coefficient (Wildman–Crippen LogP) is -8.21. The Kier molecular flexibility index (Phi) is 37.1. The molecule has 0 aliphatic carbocycles. The molecule has 0 aliphatic rings. The number of nitrogens with zero attached hydrogens (tertiary/aromatic N) is 1. The number of amides is 13. The summed E-state index contributed by atoms with van der Waals surface area (Å²) in [4.78, 5) is 220. The van der Waals surface area contributed by atoms with Crippen molar-refractivity contribution in [1.29, 1.82) is 0 Å². The SMILES string of the molecule is CC(C)C[C@@H](C=O)NC(=O)[C@H](Cc1ccc(O)cc1)NC(=O)[C@H](CO)NC(=O)[C@H](CO)NC(=O)[C@@H](NC(=O)[C@H](CC(=O)O)NC(=O)[C@H](CO)NC(=O)[C@@H](NC(=O)[C@H](Cc1ccccc1)NC(=O)[C@@H](NC(=O)CNC(=O)[C@H](CCC(=O)O)NC(=O)C(C)(C)NC(=O)[C@@H](N)Cc1cnc[nH]1)[C@@H](C)O)[C@@H](C)O)C(C)C. The number of nitrogens with one attached hydrogen (secondary N) is 14. The summed E-state index contributed by atoms with van der Waals surface area (Å²) in [5.41, 5.74) is 5.57. The minimum absolute atomic E-state index is 0.00980. The van der Waals surface area contributed by atoms with Crippen molar-refractivity contribution in [3.05, 3.63) is 83.9 Å². The summed E-state index contributed by atoms with van der Waals surface area (Å²) in [6.07, 6.45) is -3.08. The highest BCUT2D eigenvalue weighted by molar-refractivity contribution is 6.01. The largest absolute Gasteiger partial charge is 0.508 e. The molecule has 107 heavy (non-hydrogen) atoms. The number of carbonyl (C=O) groups is 16. The topological polar surface area (TPSA) is 646 Å². The molecule has 1 aromatic heterocycles. The number of carboxylic acid groups (broad SMARTS) is 2. The van der Waals surface area contributed by atoms with Crippen molar-refractivity contribution in [1.82, 2.24) is 79.1 Å². The summed E-state index contributed by atoms with van der Waals surface area (Å²) in [5.74, 6) is -19.3. The Labute approximate surface area is 613 Å². The Morgan fingerprint density at radius 2 is 0.963 bits per heavy atom. The number of aromatic hydroxyl groups is 1. The summed E-state index contributed by atoms with van der Waals surface area (Å²) in [6.45, 7) is 6.43. The van der Waals surface area contributed by atoms with Crippen LogP contribution in [0.25, 0.3) is 0 Å². The quantitative estimate of drug-likeness (QED) is 0.0234. The number of H-pyrrole nitrogens is 1. The number of aliphatic hydroxyl groups excluding tert-OH is 5. The van der Waals surface area contributed by atoms with Crippen LogP contribution in [0.3, 0.4) is 0 Å². The molecular weight excluding hydrogens is 1410 g/mol. The third kappa shape index (κ3) is 30.9. The lowest BCUT2D eigenvalue weighted by atomic mass is 10.0. The van der Waals surface area contributed by atoms with Crippen molar-refractivity contribution >= 4 is 95.0 Å². The average molecular weight is 1510 g/mol. The maximum Gasteiger partial charge on any atom is 0.305 e. The number of aliphatic carboxylic acids is 2. The number of rotatable bonds is 46. The van der Waals surface area contributed by atoms with Gasteiger partial charge in [0.2, 0.25) is 76.8 Å². The fraction of sp³-hybridized carbons (Fsp3) is 0.537. The zero-order valence-corrected chi connectivity index (χ0v) is 60.1. The minimum atomic E-state index is -2.13. The van der Waals surface area contributed by atoms with Crippen LogP contribution in [0, 0.1) is 11.8 Å². The Morgan fingerprint density at radius 3 is 1.43 bits per heavy atom. The van der Waals surface area contributed by atoms with E-state index < -0.39 is 231 Å². The van der Waals surface area contributed by atoms with Gasteiger partial charge in [-0.05, 0) is 75.6 Å². The molecule has 0 saturated carbocycles. The number of phenolic OH excluding ortho intramolecular Hbond substituents is 1. The molecule has 14 atom stereocenters. The van der Waals surface area contributed by atoms with Crippen molar-refractivity contribution in [2.75, 3.05) is 26.4 Å². The molecular formula is C67H98N16O24. The Hall–Kier alpha value is -11.1. The van der Waals surface area contributed by atoms with E-state index in [0.717, 1.165) is 13.8 Å². The molecule has 0 bridgehead atoms. The van der Waals surface area contributed by atoms with Crippen LogP contribution in [0.5, 0.6) is 5.75 Å². The normalized spacial score (nSPS) is 15.2. The van der Waals surface area contributed by atoms with Gasteiger partial charge in [0.05, 0.1) is 63.4 Å². The molecule has 0 fully saturated rings. The number of hydrogen-bond acceptors (Lipinski definition) is 24. The molecule has 40 heteroatoms. The monoisotopic (exact) mass is 1510 g/mol. The van der Waals surface area contributed by atoms with E-state index in [1.165, 1.54) is 76.6 Å². The maximum absolute atomic E-state index is 14.2. The van der Waals surface area contributed by atoms with Crippen LogP contribution in [0.4, 0.5) is 0 Å². The molecule has 3 rings (SSSR count). The smallest absolute Gasteiger partial charge is 0.305 e. The number of phenols is 1. The summed E-state index contributed by atoms with van der Waals surface area (Å²) in [7, 11) is 0. The average Bonchev–Trinajstić information content (AvgIpc) is 1.10. The molecule has 0 unspecified atom stereocenters. The van der Waals surface area contributed by atoms with Gasteiger partial charge in [-0.1, -0.05) is 70.2 Å². The van der Waals surface area contributed by atoms with Crippen molar-refractivity contribution in [2.24, 2.45) is 17.6 Å². The molecule has 1 heterocycles. The first-order valence-corrected chi connectivity index (χ1v) is 33.8. The number of benzene rings is 2.